The number of benzene rings is 1. The molecule has 3 aromatic rings. The Hall–Kier alpha value is -3.40. The molecule has 13 nitrogen and oxygen atoms in total. The van der Waals surface area contributed by atoms with E-state index in [4.69, 9.17) is 5.11 Å². The fourth-order valence-corrected chi connectivity index (χ4v) is 7.39. The minimum absolute atomic E-state index is 0.0164. The number of fused-ring (bicyclic) bond motifs is 1. The van der Waals surface area contributed by atoms with Crippen molar-refractivity contribution in [2.75, 3.05) is 56.9 Å². The maximum Gasteiger partial charge on any atom is 0.410 e. The van der Waals surface area contributed by atoms with Crippen molar-refractivity contribution in [3.63, 3.8) is 0 Å². The lowest BCUT2D eigenvalue weighted by Gasteiger charge is -2.35. The molecule has 0 unspecified atom stereocenters. The van der Waals surface area contributed by atoms with Gasteiger partial charge in [0.15, 0.2) is 9.34 Å². The van der Waals surface area contributed by atoms with E-state index in [0.29, 0.717) is 56.2 Å². The Bertz CT molecular complexity index is 1470. The fourth-order valence-electron chi connectivity index (χ4n) is 4.43. The largest absolute Gasteiger partial charge is 0.465 e. The molecule has 0 aliphatic carbocycles. The highest BCUT2D eigenvalue weighted by Crippen LogP contribution is 2.30. The minimum Gasteiger partial charge on any atom is -0.465 e. The van der Waals surface area contributed by atoms with E-state index < -0.39 is 16.1 Å². The Balaban J connectivity index is 1.39. The van der Waals surface area contributed by atoms with Crippen LogP contribution in [0, 0.1) is 6.92 Å². The number of thiazole rings is 1. The highest BCUT2D eigenvalue weighted by molar-refractivity contribution is 7.91. The van der Waals surface area contributed by atoms with Gasteiger partial charge in [-0.1, -0.05) is 17.4 Å². The first-order chi connectivity index (χ1) is 18.5. The number of nitrogens with one attached hydrogen (secondary N) is 2. The number of rotatable bonds is 9. The lowest BCUT2D eigenvalue weighted by atomic mass is 10.1. The summed E-state index contributed by atoms with van der Waals surface area (Å²) in [6.45, 7) is 8.42. The number of hydrogen-bond donors (Lipinski definition) is 3. The third-order valence-electron chi connectivity index (χ3n) is 6.50. The first-order valence-corrected chi connectivity index (χ1v) is 14.7. The highest BCUT2D eigenvalue weighted by atomic mass is 32.2. The van der Waals surface area contributed by atoms with E-state index in [1.54, 1.807) is 24.9 Å². The van der Waals surface area contributed by atoms with Crippen LogP contribution < -0.4 is 10.6 Å². The van der Waals surface area contributed by atoms with Crippen LogP contribution in [-0.2, 0) is 10.0 Å². The number of carboxylic acid groups (broad SMARTS) is 1. The monoisotopic (exact) mass is 576 g/mol. The van der Waals surface area contributed by atoms with Crippen molar-refractivity contribution < 1.29 is 23.1 Å². The zero-order valence-electron chi connectivity index (χ0n) is 22.2. The molecule has 0 bridgehead atoms. The van der Waals surface area contributed by atoms with Crippen LogP contribution in [0.15, 0.2) is 28.7 Å². The summed E-state index contributed by atoms with van der Waals surface area (Å²) < 4.78 is 27.8. The average molecular weight is 577 g/mol. The molecule has 3 N–H and O–H groups in total. The van der Waals surface area contributed by atoms with Gasteiger partial charge < -0.3 is 15.3 Å². The summed E-state index contributed by atoms with van der Waals surface area (Å²) in [5.74, 6) is 0.533. The topological polar surface area (TPSA) is 161 Å². The van der Waals surface area contributed by atoms with E-state index in [1.165, 1.54) is 10.6 Å². The molecule has 1 atom stereocenters. The van der Waals surface area contributed by atoms with E-state index in [2.05, 4.69) is 30.5 Å². The summed E-state index contributed by atoms with van der Waals surface area (Å²) in [6, 6.07) is 5.46. The Labute approximate surface area is 230 Å². The minimum atomic E-state index is -3.79. The van der Waals surface area contributed by atoms with Crippen molar-refractivity contribution in [1.82, 2.24) is 29.1 Å². The van der Waals surface area contributed by atoms with Gasteiger partial charge in [-0.3, -0.25) is 15.0 Å². The molecule has 0 spiro atoms. The zero-order valence-corrected chi connectivity index (χ0v) is 23.8. The van der Waals surface area contributed by atoms with Gasteiger partial charge in [0.1, 0.15) is 12.1 Å². The quantitative estimate of drug-likeness (QED) is 0.345. The molecule has 0 saturated carbocycles. The molecule has 0 radical (unpaired) electrons. The zero-order chi connectivity index (χ0) is 28.3. The Morgan fingerprint density at radius 3 is 2.59 bits per heavy atom. The first-order valence-electron chi connectivity index (χ1n) is 12.5. The SMILES string of the molecule is CCN(C)C(=O)c1cccc2c(N[C@@H](C)CN3CCN(S(=O)(=O)c4sc(NC(=O)O)nc4C)CC3)ncnc12. The summed E-state index contributed by atoms with van der Waals surface area (Å²) in [7, 11) is -2.03. The molecule has 1 aliphatic heterocycles. The normalized spacial score (nSPS) is 15.7. The van der Waals surface area contributed by atoms with E-state index in [9.17, 15) is 18.0 Å². The van der Waals surface area contributed by atoms with Gasteiger partial charge in [0.25, 0.3) is 15.9 Å². The number of aryl methyl sites for hydroxylation is 1. The number of hydrogen-bond acceptors (Lipinski definition) is 10. The van der Waals surface area contributed by atoms with Gasteiger partial charge in [-0.25, -0.2) is 28.2 Å². The van der Waals surface area contributed by atoms with Gasteiger partial charge in [0.05, 0.1) is 16.8 Å². The summed E-state index contributed by atoms with van der Waals surface area (Å²) in [5, 5.41) is 15.2. The second-order valence-corrected chi connectivity index (χ2v) is 12.4. The van der Waals surface area contributed by atoms with Gasteiger partial charge in [0, 0.05) is 57.7 Å². The molecule has 4 rings (SSSR count). The summed E-state index contributed by atoms with van der Waals surface area (Å²) in [6.07, 6.45) is 0.153. The van der Waals surface area contributed by atoms with Crippen molar-refractivity contribution in [1.29, 1.82) is 0 Å². The third kappa shape index (κ3) is 6.27. The van der Waals surface area contributed by atoms with Crippen LogP contribution in [0.25, 0.3) is 10.9 Å². The van der Waals surface area contributed by atoms with E-state index in [0.717, 1.165) is 16.7 Å². The van der Waals surface area contributed by atoms with Crippen LogP contribution >= 0.6 is 11.3 Å². The number of anilines is 2. The maximum absolute atomic E-state index is 13.2. The van der Waals surface area contributed by atoms with Crippen LogP contribution in [0.3, 0.4) is 0 Å². The summed E-state index contributed by atoms with van der Waals surface area (Å²) in [4.78, 5) is 40.3. The van der Waals surface area contributed by atoms with Crippen molar-refractivity contribution in [3.05, 3.63) is 35.8 Å². The average Bonchev–Trinajstić information content (AvgIpc) is 3.27. The molecule has 1 aromatic carbocycles. The molecule has 3 heterocycles. The van der Waals surface area contributed by atoms with Crippen molar-refractivity contribution in [3.8, 4) is 0 Å². The number of sulfonamides is 1. The molecule has 210 valence electrons. The van der Waals surface area contributed by atoms with Crippen LogP contribution in [0.1, 0.15) is 29.9 Å². The molecule has 2 aromatic heterocycles. The van der Waals surface area contributed by atoms with Gasteiger partial charge in [0.2, 0.25) is 0 Å². The Kier molecular flexibility index (Phi) is 8.64. The van der Waals surface area contributed by atoms with Crippen LogP contribution in [0.2, 0.25) is 0 Å². The molecular formula is C24H32N8O5S2. The van der Waals surface area contributed by atoms with E-state index in [1.807, 2.05) is 26.0 Å². The number of para-hydroxylation sites is 1. The molecular weight excluding hydrogens is 544 g/mol. The third-order valence-corrected chi connectivity index (χ3v) is 10.1. The Morgan fingerprint density at radius 1 is 1.21 bits per heavy atom. The van der Waals surface area contributed by atoms with Gasteiger partial charge >= 0.3 is 6.09 Å². The second-order valence-electron chi connectivity index (χ2n) is 9.32. The van der Waals surface area contributed by atoms with Gasteiger partial charge in [-0.15, -0.1) is 0 Å². The molecule has 1 fully saturated rings. The number of carbonyl (C=O) groups is 2. The lowest BCUT2D eigenvalue weighted by molar-refractivity contribution is 0.0804. The number of piperazine rings is 1. The first kappa shape index (κ1) is 28.6. The molecule has 39 heavy (non-hydrogen) atoms. The maximum atomic E-state index is 13.2. The molecule has 1 aliphatic rings. The highest BCUT2D eigenvalue weighted by Gasteiger charge is 2.32. The predicted octanol–water partition coefficient (Wildman–Crippen LogP) is 2.38. The van der Waals surface area contributed by atoms with E-state index in [-0.39, 0.29) is 27.0 Å². The smallest absolute Gasteiger partial charge is 0.410 e. The van der Waals surface area contributed by atoms with Gasteiger partial charge in [-0.2, -0.15) is 4.31 Å². The van der Waals surface area contributed by atoms with Crippen molar-refractivity contribution >= 4 is 55.2 Å². The number of aromatic nitrogens is 3. The number of carbonyl (C=O) groups excluding carboxylic acids is 1. The number of nitrogens with zero attached hydrogens (tertiary/aromatic N) is 6. The fraction of sp³-hybridized carbons (Fsp3) is 0.458. The van der Waals surface area contributed by atoms with Gasteiger partial charge in [-0.05, 0) is 32.9 Å². The Morgan fingerprint density at radius 2 is 1.92 bits per heavy atom. The molecule has 15 heteroatoms. The predicted molar refractivity (Wildman–Crippen MR) is 149 cm³/mol. The van der Waals surface area contributed by atoms with Crippen molar-refractivity contribution in [2.45, 2.75) is 31.0 Å². The van der Waals surface area contributed by atoms with Crippen LogP contribution in [0.4, 0.5) is 15.7 Å². The standard InChI is InChI=1S/C24H32N8O5S2/c1-5-30(4)21(33)18-8-6-7-17-19(18)25-14-26-20(17)27-15(2)13-31-9-11-32(12-10-31)39(36,37)22-16(3)28-23(38-22)29-24(34)35/h6-8,14-15H,5,9-13H2,1-4H3,(H,28,29)(H,34,35)(H,25,26,27)/t15-/m0/s1. The molecule has 1 saturated heterocycles. The van der Waals surface area contributed by atoms with Crippen molar-refractivity contribution in [2.24, 2.45) is 0 Å². The van der Waals surface area contributed by atoms with Crippen LogP contribution in [0.5, 0.6) is 0 Å². The second kappa shape index (κ2) is 11.8. The lowest BCUT2D eigenvalue weighted by Crippen LogP contribution is -2.50. The summed E-state index contributed by atoms with van der Waals surface area (Å²) in [5.41, 5.74) is 1.38. The number of amides is 2. The summed E-state index contributed by atoms with van der Waals surface area (Å²) >= 11 is 0.815. The van der Waals surface area contributed by atoms with E-state index >= 15 is 0 Å². The molecule has 2 amide bonds. The van der Waals surface area contributed by atoms with Crippen LogP contribution in [-0.4, -0.2) is 107 Å².